The minimum Gasteiger partial charge on any atom is -0.395 e. The number of benzene rings is 2. The van der Waals surface area contributed by atoms with Crippen molar-refractivity contribution in [2.24, 2.45) is 0 Å². The molecule has 0 aromatic heterocycles. The lowest BCUT2D eigenvalue weighted by atomic mass is 10.0. The number of hydrogen-bond donors (Lipinski definition) is 3. The van der Waals surface area contributed by atoms with E-state index in [0.717, 1.165) is 5.56 Å². The molecule has 23 heavy (non-hydrogen) atoms. The monoisotopic (exact) mass is 312 g/mol. The zero-order valence-electron chi connectivity index (χ0n) is 12.7. The highest BCUT2D eigenvalue weighted by atomic mass is 16.3. The topological polar surface area (TPSA) is 78.4 Å². The van der Waals surface area contributed by atoms with Crippen molar-refractivity contribution in [1.29, 1.82) is 0 Å². The van der Waals surface area contributed by atoms with Crippen LogP contribution in [0.1, 0.15) is 28.4 Å². The van der Waals surface area contributed by atoms with E-state index in [1.165, 1.54) is 0 Å². The highest BCUT2D eigenvalue weighted by molar-refractivity contribution is 5.94. The van der Waals surface area contributed by atoms with Crippen molar-refractivity contribution >= 4 is 11.8 Å². The summed E-state index contributed by atoms with van der Waals surface area (Å²) in [5, 5.41) is 14.3. The number of aliphatic hydroxyl groups excluding tert-OH is 1. The van der Waals surface area contributed by atoms with Crippen LogP contribution in [0.25, 0.3) is 0 Å². The summed E-state index contributed by atoms with van der Waals surface area (Å²) in [6, 6.07) is 17.8. The molecule has 0 aliphatic heterocycles. The molecule has 0 radical (unpaired) electrons. The third kappa shape index (κ3) is 5.23. The first-order valence-electron chi connectivity index (χ1n) is 7.49. The second kappa shape index (κ2) is 8.70. The van der Waals surface area contributed by atoms with Gasteiger partial charge in [0.1, 0.15) is 0 Å². The Bertz CT molecular complexity index is 629. The molecule has 0 aliphatic rings. The van der Waals surface area contributed by atoms with Crippen molar-refractivity contribution in [2.45, 2.75) is 12.5 Å². The number of hydrogen-bond acceptors (Lipinski definition) is 3. The van der Waals surface area contributed by atoms with Crippen molar-refractivity contribution in [3.05, 3.63) is 71.8 Å². The lowest BCUT2D eigenvalue weighted by Crippen LogP contribution is -2.34. The van der Waals surface area contributed by atoms with Gasteiger partial charge >= 0.3 is 0 Å². The Morgan fingerprint density at radius 1 is 0.957 bits per heavy atom. The predicted molar refractivity (Wildman–Crippen MR) is 87.8 cm³/mol. The number of aliphatic hydroxyl groups is 1. The van der Waals surface area contributed by atoms with Crippen molar-refractivity contribution < 1.29 is 14.7 Å². The highest BCUT2D eigenvalue weighted by Gasteiger charge is 2.18. The molecule has 1 unspecified atom stereocenters. The van der Waals surface area contributed by atoms with Crippen molar-refractivity contribution in [3.8, 4) is 0 Å². The average molecular weight is 312 g/mol. The van der Waals surface area contributed by atoms with Gasteiger partial charge in [-0.3, -0.25) is 9.59 Å². The first-order valence-corrected chi connectivity index (χ1v) is 7.49. The van der Waals surface area contributed by atoms with Crippen LogP contribution in [0.2, 0.25) is 0 Å². The molecular formula is C18H20N2O3. The van der Waals surface area contributed by atoms with Crippen LogP contribution in [0.15, 0.2) is 60.7 Å². The summed E-state index contributed by atoms with van der Waals surface area (Å²) in [5.41, 5.74) is 1.40. The second-order valence-electron chi connectivity index (χ2n) is 5.08. The van der Waals surface area contributed by atoms with Gasteiger partial charge in [0.15, 0.2) is 0 Å². The van der Waals surface area contributed by atoms with Crippen LogP contribution in [0, 0.1) is 0 Å². The van der Waals surface area contributed by atoms with E-state index in [-0.39, 0.29) is 31.4 Å². The van der Waals surface area contributed by atoms with E-state index in [1.54, 1.807) is 24.3 Å². The maximum atomic E-state index is 12.3. The van der Waals surface area contributed by atoms with Gasteiger partial charge in [-0.05, 0) is 17.7 Å². The smallest absolute Gasteiger partial charge is 0.251 e. The maximum Gasteiger partial charge on any atom is 0.251 e. The van der Waals surface area contributed by atoms with Gasteiger partial charge in [0.25, 0.3) is 5.91 Å². The molecule has 5 heteroatoms. The molecule has 0 spiro atoms. The molecule has 0 bridgehead atoms. The molecule has 120 valence electrons. The zero-order chi connectivity index (χ0) is 16.5. The minimum atomic E-state index is -0.428. The van der Waals surface area contributed by atoms with Crippen LogP contribution in [0.5, 0.6) is 0 Å². The van der Waals surface area contributed by atoms with Crippen LogP contribution >= 0.6 is 0 Å². The van der Waals surface area contributed by atoms with E-state index >= 15 is 0 Å². The molecule has 0 saturated heterocycles. The lowest BCUT2D eigenvalue weighted by Gasteiger charge is -2.19. The minimum absolute atomic E-state index is 0.113. The molecule has 2 aromatic carbocycles. The number of nitrogens with one attached hydrogen (secondary N) is 2. The number of carbonyl (C=O) groups excluding carboxylic acids is 2. The molecule has 2 rings (SSSR count). The molecule has 0 saturated carbocycles. The maximum absolute atomic E-state index is 12.3. The van der Waals surface area contributed by atoms with Crippen LogP contribution in [0.4, 0.5) is 0 Å². The summed E-state index contributed by atoms with van der Waals surface area (Å²) in [6.45, 7) is 0.0884. The molecule has 0 aliphatic carbocycles. The number of carbonyl (C=O) groups is 2. The molecule has 5 nitrogen and oxygen atoms in total. The molecular weight excluding hydrogens is 292 g/mol. The van der Waals surface area contributed by atoms with Crippen LogP contribution in [0.3, 0.4) is 0 Å². The van der Waals surface area contributed by atoms with Crippen LogP contribution < -0.4 is 10.6 Å². The molecule has 2 aromatic rings. The molecule has 0 fully saturated rings. The quantitative estimate of drug-likeness (QED) is 0.727. The Labute approximate surface area is 135 Å². The van der Waals surface area contributed by atoms with Crippen molar-refractivity contribution in [1.82, 2.24) is 10.6 Å². The lowest BCUT2D eigenvalue weighted by molar-refractivity contribution is -0.121. The first kappa shape index (κ1) is 16.7. The Morgan fingerprint density at radius 3 is 2.17 bits per heavy atom. The molecule has 0 heterocycles. The molecule has 3 N–H and O–H groups in total. The van der Waals surface area contributed by atoms with Gasteiger partial charge in [0.05, 0.1) is 19.1 Å². The fourth-order valence-electron chi connectivity index (χ4n) is 2.22. The third-order valence-electron chi connectivity index (χ3n) is 3.37. The van der Waals surface area contributed by atoms with E-state index in [0.29, 0.717) is 5.56 Å². The standard InChI is InChI=1S/C18H20N2O3/c21-12-11-19-17(22)13-16(14-7-3-1-4-8-14)20-18(23)15-9-5-2-6-10-15/h1-10,16,21H,11-13H2,(H,19,22)(H,20,23). The van der Waals surface area contributed by atoms with Crippen LogP contribution in [-0.2, 0) is 4.79 Å². The zero-order valence-corrected chi connectivity index (χ0v) is 12.7. The molecule has 2 amide bonds. The van der Waals surface area contributed by atoms with E-state index in [9.17, 15) is 9.59 Å². The summed E-state index contributed by atoms with van der Waals surface area (Å²) < 4.78 is 0. The SMILES string of the molecule is O=C(CC(NC(=O)c1ccccc1)c1ccccc1)NCCO. The van der Waals surface area contributed by atoms with Crippen LogP contribution in [-0.4, -0.2) is 30.1 Å². The third-order valence-corrected chi connectivity index (χ3v) is 3.37. The predicted octanol–water partition coefficient (Wildman–Crippen LogP) is 1.66. The normalized spacial score (nSPS) is 11.5. The summed E-state index contributed by atoms with van der Waals surface area (Å²) in [5.74, 6) is -0.448. The van der Waals surface area contributed by atoms with Crippen molar-refractivity contribution in [2.75, 3.05) is 13.2 Å². The fraction of sp³-hybridized carbons (Fsp3) is 0.222. The van der Waals surface area contributed by atoms with Crippen molar-refractivity contribution in [3.63, 3.8) is 0 Å². The second-order valence-corrected chi connectivity index (χ2v) is 5.08. The first-order chi connectivity index (χ1) is 11.2. The Hall–Kier alpha value is -2.66. The fourth-order valence-corrected chi connectivity index (χ4v) is 2.22. The largest absolute Gasteiger partial charge is 0.395 e. The van der Waals surface area contributed by atoms with E-state index in [2.05, 4.69) is 10.6 Å². The van der Waals surface area contributed by atoms with Gasteiger partial charge in [0.2, 0.25) is 5.91 Å². The van der Waals surface area contributed by atoms with E-state index in [4.69, 9.17) is 5.11 Å². The highest BCUT2D eigenvalue weighted by Crippen LogP contribution is 2.17. The Balaban J connectivity index is 2.10. The van der Waals surface area contributed by atoms with Gasteiger partial charge < -0.3 is 15.7 Å². The Morgan fingerprint density at radius 2 is 1.57 bits per heavy atom. The van der Waals surface area contributed by atoms with Gasteiger partial charge in [-0.1, -0.05) is 48.5 Å². The summed E-state index contributed by atoms with van der Waals surface area (Å²) in [7, 11) is 0. The van der Waals surface area contributed by atoms with E-state index in [1.807, 2.05) is 36.4 Å². The average Bonchev–Trinajstić information content (AvgIpc) is 2.61. The summed E-state index contributed by atoms with van der Waals surface area (Å²) >= 11 is 0. The molecule has 1 atom stereocenters. The number of amides is 2. The van der Waals surface area contributed by atoms with Gasteiger partial charge in [-0.25, -0.2) is 0 Å². The van der Waals surface area contributed by atoms with E-state index < -0.39 is 6.04 Å². The number of rotatable bonds is 7. The van der Waals surface area contributed by atoms with Gasteiger partial charge in [-0.2, -0.15) is 0 Å². The van der Waals surface area contributed by atoms with Gasteiger partial charge in [-0.15, -0.1) is 0 Å². The summed E-state index contributed by atoms with van der Waals surface area (Å²) in [6.07, 6.45) is 0.114. The summed E-state index contributed by atoms with van der Waals surface area (Å²) in [4.78, 5) is 24.3. The van der Waals surface area contributed by atoms with Gasteiger partial charge in [0, 0.05) is 12.1 Å². The Kier molecular flexibility index (Phi) is 6.32.